The van der Waals surface area contributed by atoms with Crippen LogP contribution in [0.3, 0.4) is 0 Å². The van der Waals surface area contributed by atoms with Crippen LogP contribution in [0.25, 0.3) is 0 Å². The minimum Gasteiger partial charge on any atom is -0.434 e. The van der Waals surface area contributed by atoms with Gasteiger partial charge in [-0.2, -0.15) is 8.78 Å². The van der Waals surface area contributed by atoms with Crippen LogP contribution in [0.1, 0.15) is 18.1 Å². The van der Waals surface area contributed by atoms with Crippen molar-refractivity contribution in [2.45, 2.75) is 27.0 Å². The first kappa shape index (κ1) is 16.2. The molecule has 0 unspecified atom stereocenters. The monoisotopic (exact) mass is 285 g/mol. The Bertz CT molecular complexity index is 462. The zero-order chi connectivity index (χ0) is 15.1. The Kier molecular flexibility index (Phi) is 6.21. The molecule has 0 spiro atoms. The standard InChI is InChI=1S/C14H21F2N3O/c1-5-17-14(19(3)4)18-9-11-8-10(2)6-7-12(11)20-13(15)16/h6-8,13H,5,9H2,1-4H3,(H,17,18). The van der Waals surface area contributed by atoms with Crippen LogP contribution in [0.5, 0.6) is 5.75 Å². The van der Waals surface area contributed by atoms with Gasteiger partial charge in [-0.3, -0.25) is 0 Å². The van der Waals surface area contributed by atoms with Gasteiger partial charge < -0.3 is 15.0 Å². The van der Waals surface area contributed by atoms with E-state index < -0.39 is 6.61 Å². The second-order valence-electron chi connectivity index (χ2n) is 4.55. The third-order valence-electron chi connectivity index (χ3n) is 2.59. The molecule has 20 heavy (non-hydrogen) atoms. The lowest BCUT2D eigenvalue weighted by Crippen LogP contribution is -2.36. The second-order valence-corrected chi connectivity index (χ2v) is 4.55. The van der Waals surface area contributed by atoms with E-state index in [-0.39, 0.29) is 12.3 Å². The van der Waals surface area contributed by atoms with Crippen LogP contribution in [-0.2, 0) is 6.54 Å². The summed E-state index contributed by atoms with van der Waals surface area (Å²) in [5, 5.41) is 3.11. The summed E-state index contributed by atoms with van der Waals surface area (Å²) in [5.74, 6) is 0.876. The summed E-state index contributed by atoms with van der Waals surface area (Å²) in [4.78, 5) is 6.24. The fraction of sp³-hybridized carbons (Fsp3) is 0.500. The number of nitrogens with one attached hydrogen (secondary N) is 1. The zero-order valence-corrected chi connectivity index (χ0v) is 12.3. The molecule has 1 aromatic rings. The van der Waals surface area contributed by atoms with Crippen molar-refractivity contribution < 1.29 is 13.5 Å². The number of ether oxygens (including phenoxy) is 1. The van der Waals surface area contributed by atoms with Crippen molar-refractivity contribution in [2.75, 3.05) is 20.6 Å². The number of aliphatic imine (C=N–C) groups is 1. The average Bonchev–Trinajstić information content (AvgIpc) is 2.36. The molecule has 0 aliphatic rings. The molecule has 0 saturated heterocycles. The molecule has 0 atom stereocenters. The van der Waals surface area contributed by atoms with Gasteiger partial charge in [-0.15, -0.1) is 0 Å². The molecule has 0 bridgehead atoms. The van der Waals surface area contributed by atoms with Gasteiger partial charge in [0.25, 0.3) is 0 Å². The Morgan fingerprint density at radius 2 is 2.10 bits per heavy atom. The molecular formula is C14H21F2N3O. The lowest BCUT2D eigenvalue weighted by Gasteiger charge is -2.17. The van der Waals surface area contributed by atoms with Crippen LogP contribution in [0.15, 0.2) is 23.2 Å². The van der Waals surface area contributed by atoms with Gasteiger partial charge in [0.2, 0.25) is 0 Å². The van der Waals surface area contributed by atoms with E-state index >= 15 is 0 Å². The molecule has 0 radical (unpaired) electrons. The summed E-state index contributed by atoms with van der Waals surface area (Å²) in [6.07, 6.45) is 0. The van der Waals surface area contributed by atoms with Crippen LogP contribution in [0.2, 0.25) is 0 Å². The van der Waals surface area contributed by atoms with Crippen LogP contribution < -0.4 is 10.1 Å². The molecule has 1 rings (SSSR count). The van der Waals surface area contributed by atoms with Crippen molar-refractivity contribution in [1.29, 1.82) is 0 Å². The Morgan fingerprint density at radius 1 is 1.40 bits per heavy atom. The van der Waals surface area contributed by atoms with Gasteiger partial charge in [-0.25, -0.2) is 4.99 Å². The number of guanidine groups is 1. The number of hydrogen-bond acceptors (Lipinski definition) is 2. The number of benzene rings is 1. The molecule has 0 aliphatic heterocycles. The van der Waals surface area contributed by atoms with E-state index in [9.17, 15) is 8.78 Å². The second kappa shape index (κ2) is 7.67. The largest absolute Gasteiger partial charge is 0.434 e. The van der Waals surface area contributed by atoms with Crippen molar-refractivity contribution in [1.82, 2.24) is 10.2 Å². The van der Waals surface area contributed by atoms with Gasteiger partial charge in [0.15, 0.2) is 5.96 Å². The third-order valence-corrected chi connectivity index (χ3v) is 2.59. The lowest BCUT2D eigenvalue weighted by molar-refractivity contribution is -0.0504. The van der Waals surface area contributed by atoms with Crippen LogP contribution in [0.4, 0.5) is 8.78 Å². The molecule has 0 heterocycles. The molecule has 4 nitrogen and oxygen atoms in total. The Morgan fingerprint density at radius 3 is 2.65 bits per heavy atom. The maximum atomic E-state index is 12.4. The number of hydrogen-bond donors (Lipinski definition) is 1. The third kappa shape index (κ3) is 5.03. The quantitative estimate of drug-likeness (QED) is 0.667. The van der Waals surface area contributed by atoms with Crippen molar-refractivity contribution in [2.24, 2.45) is 4.99 Å². The van der Waals surface area contributed by atoms with Crippen LogP contribution in [-0.4, -0.2) is 38.1 Å². The molecule has 0 saturated carbocycles. The fourth-order valence-electron chi connectivity index (χ4n) is 1.72. The highest BCUT2D eigenvalue weighted by Crippen LogP contribution is 2.22. The van der Waals surface area contributed by atoms with Gasteiger partial charge in [0.05, 0.1) is 6.54 Å². The van der Waals surface area contributed by atoms with Gasteiger partial charge in [-0.05, 0) is 19.9 Å². The first-order chi connectivity index (χ1) is 9.43. The van der Waals surface area contributed by atoms with E-state index in [1.807, 2.05) is 32.8 Å². The normalized spacial score (nSPS) is 11.7. The number of halogens is 2. The van der Waals surface area contributed by atoms with Gasteiger partial charge in [-0.1, -0.05) is 17.7 Å². The van der Waals surface area contributed by atoms with Crippen LogP contribution >= 0.6 is 0 Å². The minimum atomic E-state index is -2.83. The zero-order valence-electron chi connectivity index (χ0n) is 12.3. The minimum absolute atomic E-state index is 0.170. The van der Waals surface area contributed by atoms with Gasteiger partial charge >= 0.3 is 6.61 Å². The number of aryl methyl sites for hydroxylation is 1. The first-order valence-electron chi connectivity index (χ1n) is 6.44. The van der Waals surface area contributed by atoms with Crippen molar-refractivity contribution >= 4 is 5.96 Å². The molecule has 6 heteroatoms. The Balaban J connectivity index is 2.94. The highest BCUT2D eigenvalue weighted by Gasteiger charge is 2.10. The molecule has 0 fully saturated rings. The van der Waals surface area contributed by atoms with Crippen molar-refractivity contribution in [3.8, 4) is 5.75 Å². The topological polar surface area (TPSA) is 36.9 Å². The van der Waals surface area contributed by atoms with E-state index in [0.717, 1.165) is 12.1 Å². The smallest absolute Gasteiger partial charge is 0.387 e. The van der Waals surface area contributed by atoms with Crippen molar-refractivity contribution in [3.63, 3.8) is 0 Å². The predicted molar refractivity (Wildman–Crippen MR) is 76.3 cm³/mol. The van der Waals surface area contributed by atoms with E-state index in [2.05, 4.69) is 15.0 Å². The average molecular weight is 285 g/mol. The number of alkyl halides is 2. The van der Waals surface area contributed by atoms with E-state index in [1.54, 1.807) is 18.2 Å². The SMILES string of the molecule is CCNC(=NCc1cc(C)ccc1OC(F)F)N(C)C. The van der Waals surface area contributed by atoms with E-state index in [0.29, 0.717) is 11.5 Å². The van der Waals surface area contributed by atoms with Crippen molar-refractivity contribution in [3.05, 3.63) is 29.3 Å². The molecule has 1 aromatic carbocycles. The van der Waals surface area contributed by atoms with E-state index in [4.69, 9.17) is 0 Å². The molecule has 0 aliphatic carbocycles. The maximum absolute atomic E-state index is 12.4. The molecule has 112 valence electrons. The Hall–Kier alpha value is -1.85. The maximum Gasteiger partial charge on any atom is 0.387 e. The van der Waals surface area contributed by atoms with E-state index in [1.165, 1.54) is 0 Å². The summed E-state index contributed by atoms with van der Waals surface area (Å²) in [6.45, 7) is 2.06. The summed E-state index contributed by atoms with van der Waals surface area (Å²) in [6, 6.07) is 5.09. The highest BCUT2D eigenvalue weighted by atomic mass is 19.3. The van der Waals surface area contributed by atoms with Gasteiger partial charge in [0.1, 0.15) is 5.75 Å². The molecular weight excluding hydrogens is 264 g/mol. The summed E-state index contributed by atoms with van der Waals surface area (Å²) >= 11 is 0. The molecule has 0 aromatic heterocycles. The molecule has 1 N–H and O–H groups in total. The van der Waals surface area contributed by atoms with Gasteiger partial charge in [0, 0.05) is 26.2 Å². The number of nitrogens with zero attached hydrogens (tertiary/aromatic N) is 2. The fourth-order valence-corrected chi connectivity index (χ4v) is 1.72. The lowest BCUT2D eigenvalue weighted by atomic mass is 10.1. The first-order valence-corrected chi connectivity index (χ1v) is 6.44. The predicted octanol–water partition coefficient (Wildman–Crippen LogP) is 2.62. The summed E-state index contributed by atoms with van der Waals surface area (Å²) in [7, 11) is 3.74. The van der Waals surface area contributed by atoms with Crippen LogP contribution in [0, 0.1) is 6.92 Å². The summed E-state index contributed by atoms with van der Waals surface area (Å²) in [5.41, 5.74) is 1.62. The molecule has 0 amide bonds. The Labute approximate surface area is 118 Å². The summed E-state index contributed by atoms with van der Waals surface area (Å²) < 4.78 is 29.3. The number of rotatable bonds is 5. The highest BCUT2D eigenvalue weighted by molar-refractivity contribution is 5.79.